The average molecular weight is 787 g/mol. The number of halogens is 1. The van der Waals surface area contributed by atoms with Crippen molar-refractivity contribution in [3.8, 4) is 22.2 Å². The molecule has 0 spiro atoms. The van der Waals surface area contributed by atoms with Crippen LogP contribution in [0.1, 0.15) is 84.8 Å². The maximum Gasteiger partial charge on any atom is 0.259 e. The Balaban J connectivity index is 1.24. The molecular weight excluding hydrogens is 740 g/mol. The Morgan fingerprint density at radius 1 is 1.15 bits per heavy atom. The molecule has 4 fully saturated rings. The lowest BCUT2D eigenvalue weighted by atomic mass is 10.0. The van der Waals surface area contributed by atoms with Crippen LogP contribution in [0.5, 0.6) is 11.5 Å². The number of ether oxygens (including phenoxy) is 2. The van der Waals surface area contributed by atoms with Crippen LogP contribution in [0, 0.1) is 11.8 Å². The van der Waals surface area contributed by atoms with E-state index in [0.29, 0.717) is 76.8 Å². The summed E-state index contributed by atoms with van der Waals surface area (Å²) >= 11 is 8.31. The molecule has 2 aromatic heterocycles. The first-order valence-corrected chi connectivity index (χ1v) is 21.2. The average Bonchev–Trinajstić information content (AvgIpc) is 4.02. The lowest BCUT2D eigenvalue weighted by Crippen LogP contribution is -2.58. The van der Waals surface area contributed by atoms with E-state index in [2.05, 4.69) is 29.2 Å². The molecule has 2 saturated carbocycles. The van der Waals surface area contributed by atoms with Gasteiger partial charge in [-0.2, -0.15) is 0 Å². The number of nitrogens with one attached hydrogen (secondary N) is 3. The topological polar surface area (TPSA) is 169 Å². The van der Waals surface area contributed by atoms with E-state index < -0.39 is 56.9 Å². The van der Waals surface area contributed by atoms with Crippen molar-refractivity contribution in [3.05, 3.63) is 34.3 Å². The van der Waals surface area contributed by atoms with Crippen molar-refractivity contribution in [2.75, 3.05) is 13.7 Å². The summed E-state index contributed by atoms with van der Waals surface area (Å²) in [5.74, 6) is -0.591. The summed E-state index contributed by atoms with van der Waals surface area (Å²) < 4.78 is 40.2. The maximum atomic E-state index is 14.4. The summed E-state index contributed by atoms with van der Waals surface area (Å²) in [7, 11) is -2.30. The number of rotatable bonds is 12. The molecular formula is C37H47ClN6O7S2. The maximum absolute atomic E-state index is 14.4. The fourth-order valence-corrected chi connectivity index (χ4v) is 10.3. The molecule has 53 heavy (non-hydrogen) atoms. The molecule has 7 rings (SSSR count). The first-order valence-electron chi connectivity index (χ1n) is 18.4. The highest BCUT2D eigenvalue weighted by atomic mass is 35.5. The predicted octanol–water partition coefficient (Wildman–Crippen LogP) is 4.77. The fourth-order valence-electron chi connectivity index (χ4n) is 7.76. The number of benzene rings is 1. The first-order chi connectivity index (χ1) is 25.2. The van der Waals surface area contributed by atoms with Crippen molar-refractivity contribution in [1.82, 2.24) is 30.2 Å². The molecule has 3 N–H and O–H groups in total. The Kier molecular flexibility index (Phi) is 10.2. The SMILES string of the molecule is CC[C@@H]1C[C@]1(NC(=O)[C@@H]1C[C@@H](Oc2cc(-c3nc(C(C)C)cs3)nc3c(Cl)c(OC)ccc23)[C@H]2CCNC(C(C)C)C(=O)N21)C(=O)NS(=O)(=O)C1CC1. The van der Waals surface area contributed by atoms with Crippen molar-refractivity contribution in [3.63, 3.8) is 0 Å². The lowest BCUT2D eigenvalue weighted by Gasteiger charge is -2.32. The van der Waals surface area contributed by atoms with Gasteiger partial charge in [0.15, 0.2) is 0 Å². The number of amides is 3. The summed E-state index contributed by atoms with van der Waals surface area (Å²) in [6.07, 6.45) is 1.94. The number of fused-ring (bicyclic) bond motifs is 2. The standard InChI is InChI=1S/C37H47ClN6O7S2/c1-7-20-16-37(20,36(47)43-53(48,49)21-8-9-21)42-33(45)26-15-29(25-12-13-39-31(19(4)5)35(46)44(25)26)51-28-14-23(34-41-24(17-52-34)18(2)3)40-32-22(28)10-11-27(50-6)30(32)38/h10-11,14,17-21,25-26,29,31,39H,7-9,12-13,15-16H2,1-6H3,(H,42,45)(H,43,47)/t20-,25-,26+,29-,31?,37-/m1/s1. The van der Waals surface area contributed by atoms with Gasteiger partial charge in [-0.05, 0) is 62.1 Å². The molecule has 6 atom stereocenters. The van der Waals surface area contributed by atoms with Crippen LogP contribution >= 0.6 is 22.9 Å². The Labute approximate surface area is 319 Å². The molecule has 2 saturated heterocycles. The third-order valence-electron chi connectivity index (χ3n) is 11.1. The van der Waals surface area contributed by atoms with E-state index in [9.17, 15) is 22.8 Å². The fraction of sp³-hybridized carbons (Fsp3) is 0.595. The van der Waals surface area contributed by atoms with E-state index in [1.54, 1.807) is 11.0 Å². The van der Waals surface area contributed by atoms with Gasteiger partial charge >= 0.3 is 0 Å². The molecule has 2 aliphatic carbocycles. The second-order valence-electron chi connectivity index (χ2n) is 15.3. The van der Waals surface area contributed by atoms with Gasteiger partial charge in [0.25, 0.3) is 5.91 Å². The van der Waals surface area contributed by atoms with Crippen LogP contribution in [0.3, 0.4) is 0 Å². The molecule has 3 aromatic rings. The number of aromatic nitrogens is 2. The number of thiazole rings is 1. The molecule has 13 nitrogen and oxygen atoms in total. The second-order valence-corrected chi connectivity index (χ2v) is 18.5. The number of hydrogen-bond acceptors (Lipinski definition) is 11. The summed E-state index contributed by atoms with van der Waals surface area (Å²) in [5, 5.41) is 9.39. The largest absolute Gasteiger partial charge is 0.495 e. The third-order valence-corrected chi connectivity index (χ3v) is 14.2. The van der Waals surface area contributed by atoms with Crippen LogP contribution < -0.4 is 24.8 Å². The van der Waals surface area contributed by atoms with Gasteiger partial charge in [-0.25, -0.2) is 18.4 Å². The smallest absolute Gasteiger partial charge is 0.259 e. The Morgan fingerprint density at radius 2 is 1.91 bits per heavy atom. The van der Waals surface area contributed by atoms with Crippen molar-refractivity contribution in [2.24, 2.45) is 11.8 Å². The third kappa shape index (κ3) is 6.98. The van der Waals surface area contributed by atoms with Gasteiger partial charge in [-0.15, -0.1) is 11.3 Å². The zero-order valence-corrected chi connectivity index (χ0v) is 33.2. The van der Waals surface area contributed by atoms with Crippen LogP contribution in [0.2, 0.25) is 5.02 Å². The quantitative estimate of drug-likeness (QED) is 0.233. The number of nitrogens with zero attached hydrogens (tertiary/aromatic N) is 3. The van der Waals surface area contributed by atoms with E-state index in [-0.39, 0.29) is 30.1 Å². The van der Waals surface area contributed by atoms with Crippen LogP contribution in [-0.4, -0.2) is 89.7 Å². The number of hydrogen-bond donors (Lipinski definition) is 3. The van der Waals surface area contributed by atoms with Crippen LogP contribution in [0.15, 0.2) is 23.6 Å². The number of carbonyl (C=O) groups is 3. The van der Waals surface area contributed by atoms with Gasteiger partial charge in [0, 0.05) is 23.3 Å². The normalized spacial score (nSPS) is 27.2. The first kappa shape index (κ1) is 37.8. The minimum absolute atomic E-state index is 0.0552. The number of pyridine rings is 1. The summed E-state index contributed by atoms with van der Waals surface area (Å²) in [5.41, 5.74) is 0.598. The van der Waals surface area contributed by atoms with Gasteiger partial charge < -0.3 is 25.0 Å². The number of sulfonamides is 1. The molecule has 1 unspecified atom stereocenters. The highest BCUT2D eigenvalue weighted by molar-refractivity contribution is 7.91. The second kappa shape index (κ2) is 14.3. The van der Waals surface area contributed by atoms with E-state index >= 15 is 0 Å². The molecule has 0 radical (unpaired) electrons. The molecule has 0 bridgehead atoms. The Bertz CT molecular complexity index is 2050. The molecule has 3 amide bonds. The van der Waals surface area contributed by atoms with Gasteiger partial charge in [-0.3, -0.25) is 19.1 Å². The zero-order valence-electron chi connectivity index (χ0n) is 30.8. The van der Waals surface area contributed by atoms with Gasteiger partial charge in [-0.1, -0.05) is 52.6 Å². The minimum atomic E-state index is -3.83. The van der Waals surface area contributed by atoms with Crippen molar-refractivity contribution < 1.29 is 32.3 Å². The molecule has 4 heterocycles. The highest BCUT2D eigenvalue weighted by Gasteiger charge is 2.62. The van der Waals surface area contributed by atoms with Crippen LogP contribution in [-0.2, 0) is 24.4 Å². The number of carbonyl (C=O) groups excluding carboxylic acids is 3. The van der Waals surface area contributed by atoms with Crippen molar-refractivity contribution >= 4 is 61.6 Å². The van der Waals surface area contributed by atoms with Crippen LogP contribution in [0.25, 0.3) is 21.6 Å². The van der Waals surface area contributed by atoms with E-state index in [4.69, 9.17) is 31.0 Å². The summed E-state index contributed by atoms with van der Waals surface area (Å²) in [6.45, 7) is 10.5. The molecule has 16 heteroatoms. The highest BCUT2D eigenvalue weighted by Crippen LogP contribution is 2.47. The Hall–Kier alpha value is -3.53. The van der Waals surface area contributed by atoms with Crippen LogP contribution in [0.4, 0.5) is 0 Å². The molecule has 2 aliphatic heterocycles. The monoisotopic (exact) mass is 786 g/mol. The molecule has 286 valence electrons. The summed E-state index contributed by atoms with van der Waals surface area (Å²) in [4.78, 5) is 53.7. The Morgan fingerprint density at radius 3 is 2.53 bits per heavy atom. The van der Waals surface area contributed by atoms with Crippen molar-refractivity contribution in [2.45, 2.75) is 114 Å². The van der Waals surface area contributed by atoms with Gasteiger partial charge in [0.05, 0.1) is 35.7 Å². The lowest BCUT2D eigenvalue weighted by molar-refractivity contribution is -0.143. The van der Waals surface area contributed by atoms with Gasteiger partial charge in [0.2, 0.25) is 21.8 Å². The molecule has 4 aliphatic rings. The van der Waals surface area contributed by atoms with E-state index in [0.717, 1.165) is 5.69 Å². The van der Waals surface area contributed by atoms with Gasteiger partial charge in [0.1, 0.15) is 44.9 Å². The number of methoxy groups -OCH3 is 1. The zero-order chi connectivity index (χ0) is 38.0. The van der Waals surface area contributed by atoms with E-state index in [1.807, 2.05) is 38.3 Å². The van der Waals surface area contributed by atoms with Crippen molar-refractivity contribution in [1.29, 1.82) is 0 Å². The molecule has 1 aromatic carbocycles. The predicted molar refractivity (Wildman–Crippen MR) is 203 cm³/mol. The summed E-state index contributed by atoms with van der Waals surface area (Å²) in [6, 6.07) is 3.42. The van der Waals surface area contributed by atoms with E-state index in [1.165, 1.54) is 18.4 Å². The minimum Gasteiger partial charge on any atom is -0.495 e.